The summed E-state index contributed by atoms with van der Waals surface area (Å²) in [6.07, 6.45) is -5.08. The molecule has 2 aliphatic heterocycles. The van der Waals surface area contributed by atoms with Gasteiger partial charge in [-0.25, -0.2) is 9.18 Å². The van der Waals surface area contributed by atoms with E-state index in [0.29, 0.717) is 12.5 Å². The first-order valence-corrected chi connectivity index (χ1v) is 10.5. The summed E-state index contributed by atoms with van der Waals surface area (Å²) in [4.78, 5) is 28.6. The molecule has 0 saturated carbocycles. The largest absolute Gasteiger partial charge is 0.490 e. The molecular weight excluding hydrogens is 436 g/mol. The maximum Gasteiger partial charge on any atom is 0.490 e. The van der Waals surface area contributed by atoms with Gasteiger partial charge in [0.25, 0.3) is 0 Å². The Bertz CT molecular complexity index is 947. The number of carbonyl (C=O) groups excluding carboxylic acids is 1. The average Bonchev–Trinajstić information content (AvgIpc) is 3.33. The Morgan fingerprint density at radius 1 is 1.16 bits per heavy atom. The van der Waals surface area contributed by atoms with Crippen molar-refractivity contribution in [1.82, 2.24) is 9.80 Å². The van der Waals surface area contributed by atoms with Gasteiger partial charge < -0.3 is 10.0 Å². The minimum atomic E-state index is -5.08. The number of carboxylic acids is 1. The molecule has 1 amide bonds. The van der Waals surface area contributed by atoms with Crippen LogP contribution < -0.4 is 0 Å². The van der Waals surface area contributed by atoms with Gasteiger partial charge in [-0.05, 0) is 36.8 Å². The topological polar surface area (TPSA) is 60.9 Å². The van der Waals surface area contributed by atoms with Gasteiger partial charge in [-0.2, -0.15) is 13.2 Å². The van der Waals surface area contributed by atoms with E-state index in [1.807, 2.05) is 22.3 Å². The Hall–Kier alpha value is -2.46. The van der Waals surface area contributed by atoms with Crippen LogP contribution in [0.1, 0.15) is 15.3 Å². The highest BCUT2D eigenvalue weighted by Crippen LogP contribution is 2.34. The number of benzene rings is 1. The summed E-state index contributed by atoms with van der Waals surface area (Å²) in [5.41, 5.74) is 0.870. The lowest BCUT2D eigenvalue weighted by atomic mass is 10.0. The summed E-state index contributed by atoms with van der Waals surface area (Å²) in [6.45, 7) is 6.21. The second-order valence-electron chi connectivity index (χ2n) is 7.72. The Balaban J connectivity index is 0.000000339. The molecule has 0 spiro atoms. The fourth-order valence-electron chi connectivity index (χ4n) is 3.95. The molecule has 168 valence electrons. The SMILES string of the molecule is Cc1ccc(CN2C[C@H]3CN(Cc4cccc(F)c4)C(=O)[C@H]3C2)s1.O=C(O)C(F)(F)F. The van der Waals surface area contributed by atoms with Crippen molar-refractivity contribution in [2.75, 3.05) is 19.6 Å². The first-order chi connectivity index (χ1) is 14.5. The van der Waals surface area contributed by atoms with E-state index in [1.165, 1.54) is 21.9 Å². The summed E-state index contributed by atoms with van der Waals surface area (Å²) in [5, 5.41) is 7.12. The molecule has 0 aliphatic carbocycles. The van der Waals surface area contributed by atoms with Crippen LogP contribution in [-0.2, 0) is 22.7 Å². The molecule has 10 heteroatoms. The maximum absolute atomic E-state index is 13.3. The molecule has 2 saturated heterocycles. The van der Waals surface area contributed by atoms with Crippen LogP contribution in [0, 0.1) is 24.6 Å². The molecule has 2 aliphatic rings. The van der Waals surface area contributed by atoms with E-state index in [9.17, 15) is 22.4 Å². The number of aliphatic carboxylic acids is 1. The van der Waals surface area contributed by atoms with Crippen LogP contribution in [0.3, 0.4) is 0 Å². The van der Waals surface area contributed by atoms with Gasteiger partial charge in [0.2, 0.25) is 5.91 Å². The normalized spacial score (nSPS) is 21.1. The molecule has 1 N–H and O–H groups in total. The van der Waals surface area contributed by atoms with Crippen LogP contribution >= 0.6 is 11.3 Å². The zero-order valence-electron chi connectivity index (χ0n) is 16.7. The van der Waals surface area contributed by atoms with E-state index in [-0.39, 0.29) is 17.6 Å². The van der Waals surface area contributed by atoms with E-state index in [1.54, 1.807) is 6.07 Å². The van der Waals surface area contributed by atoms with Gasteiger partial charge in [-0.1, -0.05) is 12.1 Å². The summed E-state index contributed by atoms with van der Waals surface area (Å²) in [7, 11) is 0. The number of carbonyl (C=O) groups is 2. The highest BCUT2D eigenvalue weighted by atomic mass is 32.1. The van der Waals surface area contributed by atoms with Crippen LogP contribution in [0.25, 0.3) is 0 Å². The number of likely N-dealkylation sites (tertiary alicyclic amines) is 2. The molecule has 3 heterocycles. The van der Waals surface area contributed by atoms with Gasteiger partial charge in [0.1, 0.15) is 5.82 Å². The minimum Gasteiger partial charge on any atom is -0.475 e. The molecule has 0 unspecified atom stereocenters. The third kappa shape index (κ3) is 6.04. The van der Waals surface area contributed by atoms with Crippen molar-refractivity contribution >= 4 is 23.2 Å². The van der Waals surface area contributed by atoms with E-state index in [2.05, 4.69) is 24.0 Å². The van der Waals surface area contributed by atoms with E-state index in [4.69, 9.17) is 9.90 Å². The number of amides is 1. The second kappa shape index (κ2) is 9.35. The standard InChI is InChI=1S/C19H21FN2OS.C2HF3O2/c1-13-5-6-17(24-13)11-21-9-15-10-22(19(23)18(15)12-21)8-14-3-2-4-16(20)7-14;3-2(4,5)1(6)7/h2-7,15,18H,8-12H2,1H3;(H,6,7)/t15-,18-;/m0./s1. The number of aryl methyl sites for hydroxylation is 1. The summed E-state index contributed by atoms with van der Waals surface area (Å²) >= 11 is 1.83. The van der Waals surface area contributed by atoms with Gasteiger partial charge in [-0.15, -0.1) is 11.3 Å². The zero-order valence-corrected chi connectivity index (χ0v) is 17.5. The molecular formula is C21H22F4N2O3S. The Labute approximate surface area is 180 Å². The smallest absolute Gasteiger partial charge is 0.475 e. The predicted molar refractivity (Wildman–Crippen MR) is 107 cm³/mol. The van der Waals surface area contributed by atoms with Crippen molar-refractivity contribution < 1.29 is 32.3 Å². The highest BCUT2D eigenvalue weighted by Gasteiger charge is 2.45. The molecule has 5 nitrogen and oxygen atoms in total. The number of hydrogen-bond donors (Lipinski definition) is 1. The summed E-state index contributed by atoms with van der Waals surface area (Å²) in [5.74, 6) is -2.25. The van der Waals surface area contributed by atoms with Crippen molar-refractivity contribution in [2.24, 2.45) is 11.8 Å². The third-order valence-electron chi connectivity index (χ3n) is 5.28. The van der Waals surface area contributed by atoms with Crippen molar-refractivity contribution in [3.63, 3.8) is 0 Å². The van der Waals surface area contributed by atoms with Gasteiger partial charge >= 0.3 is 12.1 Å². The van der Waals surface area contributed by atoms with Crippen LogP contribution in [0.4, 0.5) is 17.6 Å². The van der Waals surface area contributed by atoms with Crippen LogP contribution in [0.2, 0.25) is 0 Å². The van der Waals surface area contributed by atoms with Crippen molar-refractivity contribution in [1.29, 1.82) is 0 Å². The van der Waals surface area contributed by atoms with Gasteiger partial charge in [-0.3, -0.25) is 9.69 Å². The lowest BCUT2D eigenvalue weighted by Crippen LogP contribution is -2.32. The molecule has 1 aromatic carbocycles. The number of nitrogens with zero attached hydrogens (tertiary/aromatic N) is 2. The van der Waals surface area contributed by atoms with Gasteiger partial charge in [0.15, 0.2) is 0 Å². The fourth-order valence-corrected chi connectivity index (χ4v) is 4.88. The molecule has 31 heavy (non-hydrogen) atoms. The quantitative estimate of drug-likeness (QED) is 0.706. The number of halogens is 4. The van der Waals surface area contributed by atoms with Crippen molar-refractivity contribution in [2.45, 2.75) is 26.2 Å². The summed E-state index contributed by atoms with van der Waals surface area (Å²) in [6, 6.07) is 10.9. The highest BCUT2D eigenvalue weighted by molar-refractivity contribution is 7.11. The van der Waals surface area contributed by atoms with Crippen LogP contribution in [0.15, 0.2) is 36.4 Å². The molecule has 2 atom stereocenters. The minimum absolute atomic E-state index is 0.111. The van der Waals surface area contributed by atoms with Crippen molar-refractivity contribution in [3.05, 3.63) is 57.5 Å². The molecule has 0 bridgehead atoms. The van der Waals surface area contributed by atoms with Crippen LogP contribution in [0.5, 0.6) is 0 Å². The van der Waals surface area contributed by atoms with E-state index in [0.717, 1.165) is 31.7 Å². The fraction of sp³-hybridized carbons (Fsp3) is 0.429. The number of thiophene rings is 1. The maximum atomic E-state index is 13.3. The number of alkyl halides is 3. The molecule has 2 fully saturated rings. The number of hydrogen-bond acceptors (Lipinski definition) is 4. The summed E-state index contributed by atoms with van der Waals surface area (Å²) < 4.78 is 45.1. The zero-order chi connectivity index (χ0) is 22.8. The number of fused-ring (bicyclic) bond motifs is 1. The Morgan fingerprint density at radius 3 is 2.42 bits per heavy atom. The number of rotatable bonds is 4. The lowest BCUT2D eigenvalue weighted by Gasteiger charge is -2.21. The lowest BCUT2D eigenvalue weighted by molar-refractivity contribution is -0.192. The predicted octanol–water partition coefficient (Wildman–Crippen LogP) is 3.92. The molecule has 1 aromatic heterocycles. The first-order valence-electron chi connectivity index (χ1n) is 9.64. The molecule has 4 rings (SSSR count). The number of carboxylic acid groups (broad SMARTS) is 1. The van der Waals surface area contributed by atoms with Crippen LogP contribution in [-0.4, -0.2) is 52.6 Å². The third-order valence-corrected chi connectivity index (χ3v) is 6.27. The van der Waals surface area contributed by atoms with Gasteiger partial charge in [0, 0.05) is 48.4 Å². The molecule has 0 radical (unpaired) electrons. The van der Waals surface area contributed by atoms with Crippen molar-refractivity contribution in [3.8, 4) is 0 Å². The monoisotopic (exact) mass is 458 g/mol. The second-order valence-corrected chi connectivity index (χ2v) is 9.10. The van der Waals surface area contributed by atoms with E-state index < -0.39 is 12.1 Å². The first kappa shape index (κ1) is 23.2. The molecule has 2 aromatic rings. The van der Waals surface area contributed by atoms with E-state index >= 15 is 0 Å². The van der Waals surface area contributed by atoms with Gasteiger partial charge in [0.05, 0.1) is 5.92 Å². The Morgan fingerprint density at radius 2 is 1.87 bits per heavy atom. The Kier molecular flexibility index (Phi) is 7.00. The average molecular weight is 458 g/mol.